The normalized spacial score (nSPS) is 23.7. The largest absolute Gasteiger partial charge is 0.322 e. The number of hydrogen-bond donors (Lipinski definition) is 1. The number of amides is 3. The van der Waals surface area contributed by atoms with Gasteiger partial charge in [0.2, 0.25) is 11.8 Å². The molecule has 0 bridgehead atoms. The molecule has 3 aromatic carbocycles. The Kier molecular flexibility index (Phi) is 7.45. The van der Waals surface area contributed by atoms with E-state index in [1.54, 1.807) is 12.1 Å². The van der Waals surface area contributed by atoms with Crippen molar-refractivity contribution in [3.05, 3.63) is 106 Å². The van der Waals surface area contributed by atoms with Crippen molar-refractivity contribution in [1.82, 2.24) is 20.0 Å². The zero-order valence-corrected chi connectivity index (χ0v) is 23.4. The van der Waals surface area contributed by atoms with Gasteiger partial charge < -0.3 is 4.90 Å². The number of rotatable bonds is 6. The average molecular weight is 555 g/mol. The number of carbonyl (C=O) groups excluding carboxylic acids is 3. The molecular formula is C33H35FN4O3. The maximum absolute atomic E-state index is 15.9. The summed E-state index contributed by atoms with van der Waals surface area (Å²) in [6.07, 6.45) is 0.423. The van der Waals surface area contributed by atoms with E-state index >= 15 is 4.39 Å². The lowest BCUT2D eigenvalue weighted by Gasteiger charge is -2.47. The Morgan fingerprint density at radius 3 is 2.07 bits per heavy atom. The van der Waals surface area contributed by atoms with Crippen LogP contribution < -0.4 is 5.32 Å². The van der Waals surface area contributed by atoms with Crippen molar-refractivity contribution in [3.63, 3.8) is 0 Å². The third kappa shape index (κ3) is 5.18. The molecule has 3 aromatic rings. The molecule has 3 unspecified atom stereocenters. The van der Waals surface area contributed by atoms with Crippen molar-refractivity contribution in [3.8, 4) is 0 Å². The van der Waals surface area contributed by atoms with Gasteiger partial charge in [-0.25, -0.2) is 4.39 Å². The second kappa shape index (κ2) is 11.2. The van der Waals surface area contributed by atoms with Gasteiger partial charge in [0.05, 0.1) is 12.6 Å². The molecule has 3 aliphatic heterocycles. The Morgan fingerprint density at radius 1 is 0.878 bits per heavy atom. The minimum Gasteiger partial charge on any atom is -0.322 e. The number of fused-ring (bicyclic) bond motifs is 1. The predicted molar refractivity (Wildman–Crippen MR) is 153 cm³/mol. The fourth-order valence-electron chi connectivity index (χ4n) is 6.78. The van der Waals surface area contributed by atoms with Crippen LogP contribution in [0, 0.1) is 5.82 Å². The fourth-order valence-corrected chi connectivity index (χ4v) is 6.78. The molecule has 3 heterocycles. The first-order chi connectivity index (χ1) is 19.8. The predicted octanol–water partition coefficient (Wildman–Crippen LogP) is 4.27. The Labute approximate surface area is 239 Å². The summed E-state index contributed by atoms with van der Waals surface area (Å²) in [6, 6.07) is 24.2. The molecule has 6 rings (SSSR count). The monoisotopic (exact) mass is 554 g/mol. The Morgan fingerprint density at radius 2 is 1.49 bits per heavy atom. The summed E-state index contributed by atoms with van der Waals surface area (Å²) in [6.45, 7) is 6.50. The summed E-state index contributed by atoms with van der Waals surface area (Å²) in [5.74, 6) is -1.57. The van der Waals surface area contributed by atoms with Gasteiger partial charge in [-0.3, -0.25) is 29.5 Å². The number of nitrogens with one attached hydrogen (secondary N) is 1. The number of piperidine rings is 1. The highest BCUT2D eigenvalue weighted by molar-refractivity contribution is 6.05. The molecule has 0 spiro atoms. The lowest BCUT2D eigenvalue weighted by molar-refractivity contribution is -0.136. The summed E-state index contributed by atoms with van der Waals surface area (Å²) < 4.78 is 15.9. The highest BCUT2D eigenvalue weighted by atomic mass is 19.1. The van der Waals surface area contributed by atoms with E-state index in [-0.39, 0.29) is 55.1 Å². The lowest BCUT2D eigenvalue weighted by Crippen LogP contribution is -2.57. The van der Waals surface area contributed by atoms with Crippen molar-refractivity contribution < 1.29 is 18.8 Å². The van der Waals surface area contributed by atoms with Crippen LogP contribution in [0.3, 0.4) is 0 Å². The minimum absolute atomic E-state index is 0.0365. The number of imide groups is 1. The molecule has 41 heavy (non-hydrogen) atoms. The van der Waals surface area contributed by atoms with E-state index < -0.39 is 11.9 Å². The van der Waals surface area contributed by atoms with Crippen molar-refractivity contribution in [1.29, 1.82) is 0 Å². The number of halogens is 1. The van der Waals surface area contributed by atoms with Gasteiger partial charge in [-0.2, -0.15) is 0 Å². The number of carbonyl (C=O) groups is 3. The number of benzene rings is 3. The topological polar surface area (TPSA) is 73.0 Å². The van der Waals surface area contributed by atoms with Crippen LogP contribution in [0.2, 0.25) is 0 Å². The highest BCUT2D eigenvalue weighted by Crippen LogP contribution is 2.34. The van der Waals surface area contributed by atoms with Gasteiger partial charge in [0, 0.05) is 54.8 Å². The quantitative estimate of drug-likeness (QED) is 0.461. The van der Waals surface area contributed by atoms with Crippen LogP contribution in [0.25, 0.3) is 0 Å². The van der Waals surface area contributed by atoms with Crippen LogP contribution in [-0.4, -0.2) is 63.6 Å². The summed E-state index contributed by atoms with van der Waals surface area (Å²) >= 11 is 0. The summed E-state index contributed by atoms with van der Waals surface area (Å²) in [7, 11) is 0. The lowest BCUT2D eigenvalue weighted by atomic mass is 9.94. The molecular weight excluding hydrogens is 519 g/mol. The minimum atomic E-state index is -0.759. The Balaban J connectivity index is 1.20. The molecule has 3 amide bonds. The molecule has 2 saturated heterocycles. The molecule has 2 fully saturated rings. The van der Waals surface area contributed by atoms with E-state index in [4.69, 9.17) is 0 Å². The van der Waals surface area contributed by atoms with Crippen molar-refractivity contribution in [2.45, 2.75) is 63.9 Å². The van der Waals surface area contributed by atoms with E-state index in [0.29, 0.717) is 23.2 Å². The molecule has 0 saturated carbocycles. The molecule has 3 aliphatic rings. The van der Waals surface area contributed by atoms with E-state index in [1.807, 2.05) is 12.1 Å². The molecule has 7 nitrogen and oxygen atoms in total. The van der Waals surface area contributed by atoms with Gasteiger partial charge in [-0.15, -0.1) is 0 Å². The van der Waals surface area contributed by atoms with Crippen LogP contribution in [-0.2, 0) is 22.7 Å². The molecule has 212 valence electrons. The maximum atomic E-state index is 15.9. The van der Waals surface area contributed by atoms with Crippen molar-refractivity contribution in [2.75, 3.05) is 13.1 Å². The van der Waals surface area contributed by atoms with E-state index in [0.717, 1.165) is 13.1 Å². The zero-order chi connectivity index (χ0) is 28.7. The molecule has 0 aromatic heterocycles. The molecule has 8 heteroatoms. The van der Waals surface area contributed by atoms with Crippen molar-refractivity contribution >= 4 is 17.7 Å². The highest BCUT2D eigenvalue weighted by Gasteiger charge is 2.41. The zero-order valence-electron chi connectivity index (χ0n) is 23.4. The van der Waals surface area contributed by atoms with Crippen LogP contribution in [0.4, 0.5) is 4.39 Å². The summed E-state index contributed by atoms with van der Waals surface area (Å²) in [4.78, 5) is 43.3. The van der Waals surface area contributed by atoms with Crippen LogP contribution in [0.5, 0.6) is 0 Å². The summed E-state index contributed by atoms with van der Waals surface area (Å²) in [5.41, 5.74) is 3.69. The van der Waals surface area contributed by atoms with Gasteiger partial charge in [0.25, 0.3) is 5.91 Å². The molecule has 0 aliphatic carbocycles. The molecule has 1 N–H and O–H groups in total. The second-order valence-electron chi connectivity index (χ2n) is 11.5. The standard InChI is InChI=1S/C33H35FN4O3/c1-21-17-36(31(23-9-5-3-6-10-23)24-11-7-4-8-12-24)18-22(2)37(21)19-25-13-14-26-27(30(25)34)20-38(33(26)41)28-15-16-29(39)35-32(28)40/h3-14,21-22,28,31H,15-20H2,1-2H3,(H,35,39,40). The number of nitrogens with zero attached hydrogens (tertiary/aromatic N) is 3. The summed E-state index contributed by atoms with van der Waals surface area (Å²) in [5, 5.41) is 2.30. The fraction of sp³-hybridized carbons (Fsp3) is 0.364. The maximum Gasteiger partial charge on any atom is 0.255 e. The third-order valence-corrected chi connectivity index (χ3v) is 8.81. The Hall–Kier alpha value is -3.88. The number of piperazine rings is 1. The second-order valence-corrected chi connectivity index (χ2v) is 11.5. The van der Waals surface area contributed by atoms with Crippen molar-refractivity contribution in [2.24, 2.45) is 0 Å². The van der Waals surface area contributed by atoms with Gasteiger partial charge in [-0.1, -0.05) is 66.7 Å². The van der Waals surface area contributed by atoms with E-state index in [2.05, 4.69) is 77.5 Å². The van der Waals surface area contributed by atoms with Crippen LogP contribution in [0.15, 0.2) is 72.8 Å². The van der Waals surface area contributed by atoms with Gasteiger partial charge in [0.1, 0.15) is 11.9 Å². The van der Waals surface area contributed by atoms with Gasteiger partial charge >= 0.3 is 0 Å². The van der Waals surface area contributed by atoms with Gasteiger partial charge in [-0.05, 0) is 37.5 Å². The first kappa shape index (κ1) is 27.3. The third-order valence-electron chi connectivity index (χ3n) is 8.81. The SMILES string of the molecule is CC1CN(C(c2ccccc2)c2ccccc2)CC(C)N1Cc1ccc2c(c1F)CN(C1CCC(=O)NC1=O)C2=O. The number of hydrogen-bond acceptors (Lipinski definition) is 5. The average Bonchev–Trinajstić information content (AvgIpc) is 3.30. The van der Waals surface area contributed by atoms with E-state index in [9.17, 15) is 14.4 Å². The first-order valence-corrected chi connectivity index (χ1v) is 14.4. The molecule has 0 radical (unpaired) electrons. The Bertz CT molecular complexity index is 1410. The van der Waals surface area contributed by atoms with Gasteiger partial charge in [0.15, 0.2) is 0 Å². The van der Waals surface area contributed by atoms with E-state index in [1.165, 1.54) is 16.0 Å². The first-order valence-electron chi connectivity index (χ1n) is 14.4. The molecule has 3 atom stereocenters. The van der Waals surface area contributed by atoms with Crippen LogP contribution >= 0.6 is 0 Å². The smallest absolute Gasteiger partial charge is 0.255 e. The van der Waals surface area contributed by atoms with Crippen LogP contribution in [0.1, 0.15) is 65.3 Å².